The fourth-order valence-electron chi connectivity index (χ4n) is 2.08. The summed E-state index contributed by atoms with van der Waals surface area (Å²) in [4.78, 5) is 12.4. The van der Waals surface area contributed by atoms with Crippen LogP contribution in [0.15, 0.2) is 48.0 Å². The van der Waals surface area contributed by atoms with Crippen molar-refractivity contribution in [2.75, 3.05) is 13.7 Å². The Bertz CT molecular complexity index is 890. The number of hydrogen-bond acceptors (Lipinski definition) is 5. The fourth-order valence-corrected chi connectivity index (χ4v) is 2.20. The van der Waals surface area contributed by atoms with Crippen molar-refractivity contribution in [3.63, 3.8) is 0 Å². The van der Waals surface area contributed by atoms with Gasteiger partial charge < -0.3 is 9.47 Å². The maximum absolute atomic E-state index is 12.4. The summed E-state index contributed by atoms with van der Waals surface area (Å²) in [5.74, 6) is 0.409. The minimum atomic E-state index is -0.400. The molecule has 0 aliphatic rings. The minimum Gasteiger partial charge on any atom is -0.493 e. The lowest BCUT2D eigenvalue weighted by molar-refractivity contribution is 0.104. The third-order valence-corrected chi connectivity index (χ3v) is 3.51. The SMILES string of the molecule is COc1cc(/C=C(\C#N)C(=O)c2ccc(Cl)cc2)ccc1OCC#N. The molecule has 0 spiro atoms. The molecule has 0 amide bonds. The largest absolute Gasteiger partial charge is 0.493 e. The lowest BCUT2D eigenvalue weighted by Gasteiger charge is -2.09. The number of nitrogens with zero attached hydrogens (tertiary/aromatic N) is 2. The first-order chi connectivity index (χ1) is 12.1. The zero-order chi connectivity index (χ0) is 18.2. The van der Waals surface area contributed by atoms with Gasteiger partial charge in [0.15, 0.2) is 18.1 Å². The number of nitriles is 2. The van der Waals surface area contributed by atoms with E-state index in [2.05, 4.69) is 0 Å². The summed E-state index contributed by atoms with van der Waals surface area (Å²) in [6, 6.07) is 15.0. The van der Waals surface area contributed by atoms with E-state index in [0.717, 1.165) is 0 Å². The number of carbonyl (C=O) groups is 1. The second kappa shape index (κ2) is 8.54. The molecule has 6 heteroatoms. The molecule has 0 unspecified atom stereocenters. The number of benzene rings is 2. The van der Waals surface area contributed by atoms with Crippen LogP contribution >= 0.6 is 11.6 Å². The van der Waals surface area contributed by atoms with Gasteiger partial charge in [0.05, 0.1) is 7.11 Å². The first-order valence-electron chi connectivity index (χ1n) is 7.19. The molecule has 0 aliphatic heterocycles. The maximum Gasteiger partial charge on any atom is 0.203 e. The van der Waals surface area contributed by atoms with Crippen LogP contribution in [0.4, 0.5) is 0 Å². The lowest BCUT2D eigenvalue weighted by Crippen LogP contribution is -2.02. The highest BCUT2D eigenvalue weighted by molar-refractivity contribution is 6.30. The molecule has 2 aromatic rings. The molecule has 0 atom stereocenters. The van der Waals surface area contributed by atoms with Crippen molar-refractivity contribution in [2.45, 2.75) is 0 Å². The second-order valence-electron chi connectivity index (χ2n) is 4.86. The molecule has 0 aromatic heterocycles. The first-order valence-corrected chi connectivity index (χ1v) is 7.56. The maximum atomic E-state index is 12.4. The number of Topliss-reactive ketones (excluding diaryl/α,β-unsaturated/α-hetero) is 1. The molecular formula is C19H13ClN2O3. The van der Waals surface area contributed by atoms with Gasteiger partial charge in [-0.05, 0) is 48.0 Å². The van der Waals surface area contributed by atoms with Gasteiger partial charge in [-0.25, -0.2) is 0 Å². The third kappa shape index (κ3) is 4.60. The Morgan fingerprint density at radius 3 is 2.48 bits per heavy atom. The molecule has 0 aliphatic carbocycles. The van der Waals surface area contributed by atoms with E-state index in [9.17, 15) is 10.1 Å². The average molecular weight is 353 g/mol. The van der Waals surface area contributed by atoms with E-state index in [1.807, 2.05) is 12.1 Å². The van der Waals surface area contributed by atoms with Crippen LogP contribution in [-0.4, -0.2) is 19.5 Å². The molecule has 2 aromatic carbocycles. The molecule has 2 rings (SSSR count). The van der Waals surface area contributed by atoms with Crippen molar-refractivity contribution in [1.29, 1.82) is 10.5 Å². The molecule has 0 radical (unpaired) electrons. The van der Waals surface area contributed by atoms with Gasteiger partial charge in [0.2, 0.25) is 5.78 Å². The van der Waals surface area contributed by atoms with Crippen molar-refractivity contribution in [3.05, 3.63) is 64.2 Å². The van der Waals surface area contributed by atoms with E-state index in [1.54, 1.807) is 42.5 Å². The van der Waals surface area contributed by atoms with Crippen molar-refractivity contribution in [3.8, 4) is 23.6 Å². The van der Waals surface area contributed by atoms with Crippen LogP contribution in [0, 0.1) is 22.7 Å². The molecule has 124 valence electrons. The highest BCUT2D eigenvalue weighted by Gasteiger charge is 2.13. The second-order valence-corrected chi connectivity index (χ2v) is 5.30. The minimum absolute atomic E-state index is 0.0185. The van der Waals surface area contributed by atoms with Crippen LogP contribution in [-0.2, 0) is 0 Å². The predicted molar refractivity (Wildman–Crippen MR) is 93.5 cm³/mol. The number of rotatable bonds is 6. The molecule has 0 N–H and O–H groups in total. The summed E-state index contributed by atoms with van der Waals surface area (Å²) >= 11 is 5.81. The van der Waals surface area contributed by atoms with Crippen molar-refractivity contribution in [2.24, 2.45) is 0 Å². The van der Waals surface area contributed by atoms with E-state index in [1.165, 1.54) is 13.2 Å². The number of carbonyl (C=O) groups excluding carboxylic acids is 1. The molecule has 0 fully saturated rings. The molecule has 5 nitrogen and oxygen atoms in total. The zero-order valence-electron chi connectivity index (χ0n) is 13.3. The van der Waals surface area contributed by atoms with Gasteiger partial charge in [-0.1, -0.05) is 17.7 Å². The number of allylic oxidation sites excluding steroid dienone is 1. The smallest absolute Gasteiger partial charge is 0.203 e. The van der Waals surface area contributed by atoms with Gasteiger partial charge in [0, 0.05) is 10.6 Å². The number of methoxy groups -OCH3 is 1. The van der Waals surface area contributed by atoms with Crippen LogP contribution in [0.3, 0.4) is 0 Å². The Balaban J connectivity index is 2.33. The average Bonchev–Trinajstić information content (AvgIpc) is 2.64. The van der Waals surface area contributed by atoms with Gasteiger partial charge in [-0.3, -0.25) is 4.79 Å². The predicted octanol–water partition coefficient (Wildman–Crippen LogP) is 4.04. The summed E-state index contributed by atoms with van der Waals surface area (Å²) in [5.41, 5.74) is 0.952. The Labute approximate surface area is 150 Å². The molecule has 0 bridgehead atoms. The molecule has 0 saturated heterocycles. The number of halogens is 1. The highest BCUT2D eigenvalue weighted by atomic mass is 35.5. The number of hydrogen-bond donors (Lipinski definition) is 0. The molecule has 0 heterocycles. The summed E-state index contributed by atoms with van der Waals surface area (Å²) in [5, 5.41) is 18.4. The number of ether oxygens (including phenoxy) is 2. The van der Waals surface area contributed by atoms with Crippen molar-refractivity contribution >= 4 is 23.5 Å². The fraction of sp³-hybridized carbons (Fsp3) is 0.105. The highest BCUT2D eigenvalue weighted by Crippen LogP contribution is 2.29. The Morgan fingerprint density at radius 1 is 1.16 bits per heavy atom. The van der Waals surface area contributed by atoms with Crippen LogP contribution in [0.1, 0.15) is 15.9 Å². The Hall–Kier alpha value is -3.28. The van der Waals surface area contributed by atoms with Gasteiger partial charge >= 0.3 is 0 Å². The van der Waals surface area contributed by atoms with E-state index in [-0.39, 0.29) is 12.2 Å². The van der Waals surface area contributed by atoms with Crippen molar-refractivity contribution in [1.82, 2.24) is 0 Å². The molecule has 25 heavy (non-hydrogen) atoms. The monoisotopic (exact) mass is 352 g/mol. The van der Waals surface area contributed by atoms with Crippen LogP contribution < -0.4 is 9.47 Å². The molecular weight excluding hydrogens is 340 g/mol. The zero-order valence-corrected chi connectivity index (χ0v) is 14.1. The lowest BCUT2D eigenvalue weighted by atomic mass is 10.0. The van der Waals surface area contributed by atoms with Gasteiger partial charge in [0.25, 0.3) is 0 Å². The van der Waals surface area contributed by atoms with Crippen LogP contribution in [0.5, 0.6) is 11.5 Å². The summed E-state index contributed by atoms with van der Waals surface area (Å²) in [6.45, 7) is -0.107. The number of ketones is 1. The topological polar surface area (TPSA) is 83.1 Å². The van der Waals surface area contributed by atoms with Gasteiger partial charge in [-0.2, -0.15) is 10.5 Å². The van der Waals surface area contributed by atoms with Crippen molar-refractivity contribution < 1.29 is 14.3 Å². The summed E-state index contributed by atoms with van der Waals surface area (Å²) < 4.78 is 10.5. The first kappa shape index (κ1) is 18.1. The standard InChI is InChI=1S/C19H13ClN2O3/c1-24-18-11-13(2-7-17(18)25-9-8-21)10-15(12-22)19(23)14-3-5-16(20)6-4-14/h2-7,10-11H,9H2,1H3/b15-10+. The van der Waals surface area contributed by atoms with E-state index >= 15 is 0 Å². The molecule has 0 saturated carbocycles. The quantitative estimate of drug-likeness (QED) is 0.445. The summed E-state index contributed by atoms with van der Waals surface area (Å²) in [6.07, 6.45) is 1.47. The van der Waals surface area contributed by atoms with E-state index in [0.29, 0.717) is 27.6 Å². The van der Waals surface area contributed by atoms with E-state index in [4.69, 9.17) is 26.3 Å². The summed E-state index contributed by atoms with van der Waals surface area (Å²) in [7, 11) is 1.46. The Morgan fingerprint density at radius 2 is 1.88 bits per heavy atom. The van der Waals surface area contributed by atoms with E-state index < -0.39 is 5.78 Å². The Kier molecular flexibility index (Phi) is 6.17. The third-order valence-electron chi connectivity index (χ3n) is 3.26. The van der Waals surface area contributed by atoms with Gasteiger partial charge in [0.1, 0.15) is 17.7 Å². The van der Waals surface area contributed by atoms with Crippen LogP contribution in [0.25, 0.3) is 6.08 Å². The van der Waals surface area contributed by atoms with Gasteiger partial charge in [-0.15, -0.1) is 0 Å². The normalized spacial score (nSPS) is 10.5. The van der Waals surface area contributed by atoms with Crippen LogP contribution in [0.2, 0.25) is 5.02 Å².